The van der Waals surface area contributed by atoms with Crippen molar-refractivity contribution in [3.05, 3.63) is 12.2 Å². The molecular weight excluding hydrogens is 570 g/mol. The number of rotatable bonds is 23. The first-order chi connectivity index (χ1) is 20.4. The Hall–Kier alpha value is -2.72. The van der Waals surface area contributed by atoms with Gasteiger partial charge in [0.15, 0.2) is 0 Å². The van der Waals surface area contributed by atoms with E-state index in [-0.39, 0.29) is 42.9 Å². The normalized spacial score (nSPS) is 21.0. The summed E-state index contributed by atoms with van der Waals surface area (Å²) >= 11 is 1.89. The number of thioether (sulfide) groups is 1. The minimum atomic E-state index is -0.399. The summed E-state index contributed by atoms with van der Waals surface area (Å²) in [6, 6.07) is 0.381. The van der Waals surface area contributed by atoms with Gasteiger partial charge in [-0.2, -0.15) is 11.8 Å². The first kappa shape index (κ1) is 33.8. The Kier molecular flexibility index (Phi) is 15.7. The van der Waals surface area contributed by atoms with E-state index in [2.05, 4.69) is 21.3 Å². The fraction of sp³-hybridized carbons (Fsp3) is 0.741. The number of unbranched alkanes of at least 4 members (excludes halogenated alkanes) is 1. The van der Waals surface area contributed by atoms with Crippen molar-refractivity contribution in [2.24, 2.45) is 0 Å². The summed E-state index contributed by atoms with van der Waals surface area (Å²) in [5.74, 6) is -0.0802. The number of nitrogens with one attached hydrogen (secondary N) is 4. The van der Waals surface area contributed by atoms with Crippen LogP contribution in [0.3, 0.4) is 0 Å². The number of carbonyl (C=O) groups is 5. The monoisotopic (exact) mass is 613 g/mol. The van der Waals surface area contributed by atoms with E-state index in [1.165, 1.54) is 12.2 Å². The summed E-state index contributed by atoms with van der Waals surface area (Å²) < 4.78 is 21.7. The molecule has 3 rings (SSSR count). The molecule has 3 aliphatic heterocycles. The maximum Gasteiger partial charge on any atom is 0.315 e. The largest absolute Gasteiger partial charge is 0.377 e. The molecule has 0 bridgehead atoms. The molecule has 236 valence electrons. The number of imide groups is 1. The van der Waals surface area contributed by atoms with Crippen molar-refractivity contribution in [1.29, 1.82) is 0 Å². The van der Waals surface area contributed by atoms with Crippen LogP contribution < -0.4 is 21.3 Å². The van der Waals surface area contributed by atoms with Gasteiger partial charge in [0.05, 0.1) is 64.9 Å². The lowest BCUT2D eigenvalue weighted by Crippen LogP contribution is -2.36. The lowest BCUT2D eigenvalue weighted by molar-refractivity contribution is -0.137. The van der Waals surface area contributed by atoms with E-state index in [1.807, 2.05) is 11.8 Å². The van der Waals surface area contributed by atoms with Gasteiger partial charge in [-0.3, -0.25) is 24.1 Å². The van der Waals surface area contributed by atoms with Crippen LogP contribution in [0.15, 0.2) is 12.2 Å². The van der Waals surface area contributed by atoms with Crippen LogP contribution in [0.25, 0.3) is 0 Å². The van der Waals surface area contributed by atoms with Gasteiger partial charge < -0.3 is 40.2 Å². The topological polar surface area (TPSA) is 174 Å². The summed E-state index contributed by atoms with van der Waals surface area (Å²) in [6.07, 6.45) is 5.71. The van der Waals surface area contributed by atoms with Crippen LogP contribution >= 0.6 is 11.8 Å². The highest BCUT2D eigenvalue weighted by Crippen LogP contribution is 2.33. The molecule has 15 heteroatoms. The first-order valence-electron chi connectivity index (χ1n) is 14.5. The Morgan fingerprint density at radius 3 is 1.93 bits per heavy atom. The summed E-state index contributed by atoms with van der Waals surface area (Å²) in [5, 5.41) is 11.9. The number of nitrogens with zero attached hydrogens (tertiary/aromatic N) is 1. The average molecular weight is 614 g/mol. The van der Waals surface area contributed by atoms with Crippen molar-refractivity contribution in [1.82, 2.24) is 26.2 Å². The van der Waals surface area contributed by atoms with E-state index in [4.69, 9.17) is 18.9 Å². The van der Waals surface area contributed by atoms with Gasteiger partial charge in [0.25, 0.3) is 11.8 Å². The molecule has 3 aliphatic rings. The summed E-state index contributed by atoms with van der Waals surface area (Å²) in [5.41, 5.74) is 0. The maximum atomic E-state index is 12.0. The number of hydrogen-bond acceptors (Lipinski definition) is 10. The molecule has 2 saturated heterocycles. The minimum Gasteiger partial charge on any atom is -0.377 e. The van der Waals surface area contributed by atoms with Gasteiger partial charge in [-0.15, -0.1) is 0 Å². The van der Waals surface area contributed by atoms with Crippen molar-refractivity contribution in [3.8, 4) is 0 Å². The molecule has 0 saturated carbocycles. The van der Waals surface area contributed by atoms with E-state index in [0.717, 1.165) is 29.9 Å². The van der Waals surface area contributed by atoms with E-state index < -0.39 is 11.8 Å². The lowest BCUT2D eigenvalue weighted by Gasteiger charge is -2.16. The van der Waals surface area contributed by atoms with Crippen LogP contribution in [0.2, 0.25) is 0 Å². The molecule has 0 aromatic rings. The number of amides is 6. The SMILES string of the molecule is O=C(CCCC[C@@H]1SC[C@@H]2NC(=O)N[C@@H]21)NCCOCCOCCOCCOCCNC(=O)CCN1C(=O)C=CC1=O. The average Bonchev–Trinajstić information content (AvgIpc) is 3.63. The van der Waals surface area contributed by atoms with Crippen molar-refractivity contribution in [2.75, 3.05) is 78.2 Å². The number of fused-ring (bicyclic) bond motifs is 1. The second kappa shape index (κ2) is 19.5. The summed E-state index contributed by atoms with van der Waals surface area (Å²) in [7, 11) is 0. The summed E-state index contributed by atoms with van der Waals surface area (Å²) in [4.78, 5) is 59.1. The number of carbonyl (C=O) groups excluding carboxylic acids is 5. The van der Waals surface area contributed by atoms with Crippen LogP contribution in [0.5, 0.6) is 0 Å². The van der Waals surface area contributed by atoms with E-state index in [9.17, 15) is 24.0 Å². The molecule has 3 heterocycles. The molecule has 14 nitrogen and oxygen atoms in total. The molecule has 42 heavy (non-hydrogen) atoms. The van der Waals surface area contributed by atoms with Gasteiger partial charge >= 0.3 is 6.03 Å². The van der Waals surface area contributed by atoms with Crippen LogP contribution in [0.1, 0.15) is 32.1 Å². The zero-order chi connectivity index (χ0) is 30.0. The smallest absolute Gasteiger partial charge is 0.315 e. The van der Waals surface area contributed by atoms with Gasteiger partial charge in [0.1, 0.15) is 0 Å². The number of hydrogen-bond donors (Lipinski definition) is 4. The second-order valence-electron chi connectivity index (χ2n) is 9.93. The van der Waals surface area contributed by atoms with Gasteiger partial charge in [-0.25, -0.2) is 4.79 Å². The zero-order valence-electron chi connectivity index (χ0n) is 23.9. The Balaban J connectivity index is 0.988. The van der Waals surface area contributed by atoms with Crippen molar-refractivity contribution < 1.29 is 42.9 Å². The fourth-order valence-corrected chi connectivity index (χ4v) is 6.15. The Morgan fingerprint density at radius 2 is 1.33 bits per heavy atom. The third kappa shape index (κ3) is 12.7. The predicted octanol–water partition coefficient (Wildman–Crippen LogP) is -0.674. The predicted molar refractivity (Wildman–Crippen MR) is 154 cm³/mol. The van der Waals surface area contributed by atoms with Gasteiger partial charge in [0, 0.05) is 55.6 Å². The molecule has 3 atom stereocenters. The summed E-state index contributed by atoms with van der Waals surface area (Å²) in [6.45, 7) is 4.09. The van der Waals surface area contributed by atoms with Gasteiger partial charge in [-0.1, -0.05) is 6.42 Å². The van der Waals surface area contributed by atoms with Gasteiger partial charge in [-0.05, 0) is 12.8 Å². The third-order valence-corrected chi connectivity index (χ3v) is 8.31. The van der Waals surface area contributed by atoms with Crippen molar-refractivity contribution in [2.45, 2.75) is 49.4 Å². The second-order valence-corrected chi connectivity index (χ2v) is 11.2. The number of ether oxygens (including phenoxy) is 4. The van der Waals surface area contributed by atoms with E-state index >= 15 is 0 Å². The Labute approximate surface area is 250 Å². The molecule has 0 aromatic carbocycles. The molecule has 2 fully saturated rings. The van der Waals surface area contributed by atoms with Crippen LogP contribution in [0, 0.1) is 0 Å². The van der Waals surface area contributed by atoms with Crippen LogP contribution in [-0.4, -0.2) is 130 Å². The van der Waals surface area contributed by atoms with Crippen molar-refractivity contribution >= 4 is 41.4 Å². The highest BCUT2D eigenvalue weighted by Gasteiger charge is 2.42. The van der Waals surface area contributed by atoms with E-state index in [0.29, 0.717) is 77.6 Å². The molecule has 0 unspecified atom stereocenters. The highest BCUT2D eigenvalue weighted by molar-refractivity contribution is 8.00. The number of urea groups is 1. The van der Waals surface area contributed by atoms with Crippen molar-refractivity contribution in [3.63, 3.8) is 0 Å². The minimum absolute atomic E-state index is 0.0249. The van der Waals surface area contributed by atoms with Crippen LogP contribution in [0.4, 0.5) is 4.79 Å². The fourth-order valence-electron chi connectivity index (χ4n) is 4.60. The first-order valence-corrected chi connectivity index (χ1v) is 15.6. The molecule has 4 N–H and O–H groups in total. The molecule has 0 radical (unpaired) electrons. The third-order valence-electron chi connectivity index (χ3n) is 6.80. The highest BCUT2D eigenvalue weighted by atomic mass is 32.2. The maximum absolute atomic E-state index is 12.0. The molecule has 6 amide bonds. The standard InChI is InChI=1S/C27H43N5O9S/c33-22(4-2-1-3-21-26-20(19-42-21)30-27(37)31-26)28-8-11-38-13-15-40-17-18-41-16-14-39-12-9-29-23(34)7-10-32-24(35)5-6-25(32)36/h5-6,20-21,26H,1-4,7-19H2,(H,28,33)(H,29,34)(H2,30,31,37)/t20-,21-,26-/m0/s1. The molecule has 0 spiro atoms. The van der Waals surface area contributed by atoms with E-state index in [1.54, 1.807) is 0 Å². The molecule has 0 aromatic heterocycles. The quantitative estimate of drug-likeness (QED) is 0.0657. The molecule has 0 aliphatic carbocycles. The van der Waals surface area contributed by atoms with Crippen LogP contribution in [-0.2, 0) is 38.1 Å². The zero-order valence-corrected chi connectivity index (χ0v) is 24.8. The Bertz CT molecular complexity index is 920. The molecular formula is C27H43N5O9S. The Morgan fingerprint density at radius 1 is 0.786 bits per heavy atom. The van der Waals surface area contributed by atoms with Gasteiger partial charge in [0.2, 0.25) is 11.8 Å². The lowest BCUT2D eigenvalue weighted by atomic mass is 10.0.